The molecule has 1 heterocycles. The van der Waals surface area contributed by atoms with Crippen LogP contribution in [0.5, 0.6) is 0 Å². The molecule has 0 atom stereocenters. The number of pyridine rings is 1. The van der Waals surface area contributed by atoms with Crippen molar-refractivity contribution < 1.29 is 4.39 Å². The summed E-state index contributed by atoms with van der Waals surface area (Å²) in [6.07, 6.45) is 3.31. The molecule has 2 aromatic rings. The lowest BCUT2D eigenvalue weighted by Crippen LogP contribution is -1.97. The molecule has 0 radical (unpaired) electrons. The van der Waals surface area contributed by atoms with E-state index in [9.17, 15) is 4.39 Å². The van der Waals surface area contributed by atoms with Gasteiger partial charge in [0, 0.05) is 11.6 Å². The number of nitrogens with zero attached hydrogens (tertiary/aromatic N) is 1. The zero-order valence-corrected chi connectivity index (χ0v) is 9.55. The standard InChI is InChI=1S/C13H15FN2/c1-3-4-10-11-7-16-12(15)6-9(11)5-8(2)13(10)14/h5-7H,3-4H2,1-2H3,(H2,15,16). The summed E-state index contributed by atoms with van der Waals surface area (Å²) in [5.41, 5.74) is 7.05. The second-order valence-corrected chi connectivity index (χ2v) is 4.07. The number of nitrogens with two attached hydrogens (primary N) is 1. The smallest absolute Gasteiger partial charge is 0.129 e. The van der Waals surface area contributed by atoms with Gasteiger partial charge >= 0.3 is 0 Å². The molecule has 84 valence electrons. The Morgan fingerprint density at radius 1 is 1.38 bits per heavy atom. The van der Waals surface area contributed by atoms with Crippen molar-refractivity contribution >= 4 is 16.6 Å². The number of hydrogen-bond acceptors (Lipinski definition) is 2. The highest BCUT2D eigenvalue weighted by atomic mass is 19.1. The molecule has 0 fully saturated rings. The Bertz CT molecular complexity index is 535. The average Bonchev–Trinajstić information content (AvgIpc) is 2.24. The zero-order chi connectivity index (χ0) is 11.7. The van der Waals surface area contributed by atoms with Gasteiger partial charge in [-0.25, -0.2) is 9.37 Å². The predicted molar refractivity (Wildman–Crippen MR) is 64.8 cm³/mol. The van der Waals surface area contributed by atoms with Crippen LogP contribution >= 0.6 is 0 Å². The third-order valence-electron chi connectivity index (χ3n) is 2.77. The van der Waals surface area contributed by atoms with E-state index in [1.165, 1.54) is 0 Å². The summed E-state index contributed by atoms with van der Waals surface area (Å²) in [7, 11) is 0. The molecular weight excluding hydrogens is 203 g/mol. The maximum atomic E-state index is 14.0. The first-order chi connectivity index (χ1) is 7.63. The Morgan fingerprint density at radius 3 is 2.81 bits per heavy atom. The summed E-state index contributed by atoms with van der Waals surface area (Å²) < 4.78 is 14.0. The zero-order valence-electron chi connectivity index (χ0n) is 9.55. The summed E-state index contributed by atoms with van der Waals surface area (Å²) in [6.45, 7) is 3.82. The number of benzene rings is 1. The third kappa shape index (κ3) is 1.73. The number of hydrogen-bond donors (Lipinski definition) is 1. The quantitative estimate of drug-likeness (QED) is 0.840. The van der Waals surface area contributed by atoms with Crippen LogP contribution in [0, 0.1) is 12.7 Å². The largest absolute Gasteiger partial charge is 0.384 e. The molecular formula is C13H15FN2. The second kappa shape index (κ2) is 4.08. The van der Waals surface area contributed by atoms with E-state index < -0.39 is 0 Å². The van der Waals surface area contributed by atoms with Crippen molar-refractivity contribution in [3.63, 3.8) is 0 Å². The van der Waals surface area contributed by atoms with Crippen LogP contribution in [0.25, 0.3) is 10.8 Å². The van der Waals surface area contributed by atoms with Crippen LogP contribution in [0.15, 0.2) is 18.3 Å². The number of halogens is 1. The number of aromatic nitrogens is 1. The van der Waals surface area contributed by atoms with Gasteiger partial charge in [-0.15, -0.1) is 0 Å². The molecule has 0 unspecified atom stereocenters. The van der Waals surface area contributed by atoms with Crippen molar-refractivity contribution in [2.24, 2.45) is 0 Å². The Hall–Kier alpha value is -1.64. The maximum Gasteiger partial charge on any atom is 0.129 e. The van der Waals surface area contributed by atoms with Crippen molar-refractivity contribution in [1.29, 1.82) is 0 Å². The molecule has 1 aromatic heterocycles. The van der Waals surface area contributed by atoms with Gasteiger partial charge in [-0.1, -0.05) is 13.3 Å². The minimum atomic E-state index is -0.110. The van der Waals surface area contributed by atoms with E-state index in [1.54, 1.807) is 19.2 Å². The van der Waals surface area contributed by atoms with Gasteiger partial charge in [-0.3, -0.25) is 0 Å². The minimum absolute atomic E-state index is 0.110. The van der Waals surface area contributed by atoms with Crippen LogP contribution in [0.3, 0.4) is 0 Å². The van der Waals surface area contributed by atoms with Crippen molar-refractivity contribution in [3.05, 3.63) is 35.3 Å². The van der Waals surface area contributed by atoms with E-state index >= 15 is 0 Å². The van der Waals surface area contributed by atoms with Gasteiger partial charge in [0.05, 0.1) is 0 Å². The van der Waals surface area contributed by atoms with Crippen LogP contribution in [-0.2, 0) is 6.42 Å². The van der Waals surface area contributed by atoms with Gasteiger partial charge in [-0.2, -0.15) is 0 Å². The van der Waals surface area contributed by atoms with Crippen LogP contribution in [-0.4, -0.2) is 4.98 Å². The first-order valence-corrected chi connectivity index (χ1v) is 5.46. The topological polar surface area (TPSA) is 38.9 Å². The lowest BCUT2D eigenvalue weighted by molar-refractivity contribution is 0.601. The van der Waals surface area contributed by atoms with Crippen molar-refractivity contribution in [3.8, 4) is 0 Å². The van der Waals surface area contributed by atoms with Gasteiger partial charge in [0.15, 0.2) is 0 Å². The van der Waals surface area contributed by atoms with Gasteiger partial charge in [0.1, 0.15) is 11.6 Å². The predicted octanol–water partition coefficient (Wildman–Crippen LogP) is 3.22. The number of aryl methyl sites for hydroxylation is 2. The molecule has 0 amide bonds. The maximum absolute atomic E-state index is 14.0. The molecule has 0 saturated heterocycles. The first kappa shape index (κ1) is 10.9. The van der Waals surface area contributed by atoms with E-state index in [2.05, 4.69) is 4.98 Å². The molecule has 2 N–H and O–H groups in total. The second-order valence-electron chi connectivity index (χ2n) is 4.07. The lowest BCUT2D eigenvalue weighted by atomic mass is 9.99. The highest BCUT2D eigenvalue weighted by Crippen LogP contribution is 2.26. The summed E-state index contributed by atoms with van der Waals surface area (Å²) in [5, 5.41) is 1.84. The fraction of sp³-hybridized carbons (Fsp3) is 0.308. The third-order valence-corrected chi connectivity index (χ3v) is 2.77. The number of nitrogen functional groups attached to an aromatic ring is 1. The van der Waals surface area contributed by atoms with Crippen LogP contribution in [0.1, 0.15) is 24.5 Å². The normalized spacial score (nSPS) is 10.9. The molecule has 0 bridgehead atoms. The molecule has 0 saturated carbocycles. The Morgan fingerprint density at radius 2 is 2.12 bits per heavy atom. The fourth-order valence-corrected chi connectivity index (χ4v) is 2.01. The number of anilines is 1. The Kier molecular flexibility index (Phi) is 2.77. The van der Waals surface area contributed by atoms with Crippen molar-refractivity contribution in [1.82, 2.24) is 4.98 Å². The van der Waals surface area contributed by atoms with E-state index in [-0.39, 0.29) is 5.82 Å². The molecule has 3 heteroatoms. The van der Waals surface area contributed by atoms with Gasteiger partial charge in [-0.05, 0) is 42.0 Å². The highest BCUT2D eigenvalue weighted by Gasteiger charge is 2.10. The summed E-state index contributed by atoms with van der Waals surface area (Å²) in [5.74, 6) is 0.363. The van der Waals surface area contributed by atoms with Gasteiger partial charge < -0.3 is 5.73 Å². The van der Waals surface area contributed by atoms with Crippen LogP contribution in [0.2, 0.25) is 0 Å². The fourth-order valence-electron chi connectivity index (χ4n) is 2.01. The van der Waals surface area contributed by atoms with E-state index in [0.717, 1.165) is 29.2 Å². The Balaban J connectivity index is 2.77. The van der Waals surface area contributed by atoms with Gasteiger partial charge in [0.2, 0.25) is 0 Å². The molecule has 0 aliphatic heterocycles. The Labute approximate surface area is 94.3 Å². The molecule has 0 aliphatic rings. The van der Waals surface area contributed by atoms with E-state index in [0.29, 0.717) is 11.4 Å². The highest BCUT2D eigenvalue weighted by molar-refractivity contribution is 5.87. The first-order valence-electron chi connectivity index (χ1n) is 5.46. The molecule has 1 aromatic carbocycles. The lowest BCUT2D eigenvalue weighted by Gasteiger charge is -2.09. The van der Waals surface area contributed by atoms with E-state index in [4.69, 9.17) is 5.73 Å². The SMILES string of the molecule is CCCc1c(F)c(C)cc2cc(N)ncc12. The summed E-state index contributed by atoms with van der Waals surface area (Å²) in [6, 6.07) is 3.61. The van der Waals surface area contributed by atoms with E-state index in [1.807, 2.05) is 13.0 Å². The molecule has 16 heavy (non-hydrogen) atoms. The summed E-state index contributed by atoms with van der Waals surface area (Å²) >= 11 is 0. The van der Waals surface area contributed by atoms with Crippen LogP contribution < -0.4 is 5.73 Å². The number of fused-ring (bicyclic) bond motifs is 1. The van der Waals surface area contributed by atoms with Crippen molar-refractivity contribution in [2.45, 2.75) is 26.7 Å². The number of rotatable bonds is 2. The van der Waals surface area contributed by atoms with Gasteiger partial charge in [0.25, 0.3) is 0 Å². The summed E-state index contributed by atoms with van der Waals surface area (Å²) in [4.78, 5) is 4.03. The van der Waals surface area contributed by atoms with Crippen LogP contribution in [0.4, 0.5) is 10.2 Å². The molecule has 0 spiro atoms. The molecule has 2 rings (SSSR count). The monoisotopic (exact) mass is 218 g/mol. The molecule has 0 aliphatic carbocycles. The van der Waals surface area contributed by atoms with Crippen molar-refractivity contribution in [2.75, 3.05) is 5.73 Å². The average molecular weight is 218 g/mol. The minimum Gasteiger partial charge on any atom is -0.384 e. The molecule has 2 nitrogen and oxygen atoms in total.